The van der Waals surface area contributed by atoms with Gasteiger partial charge in [0.2, 0.25) is 11.8 Å². The van der Waals surface area contributed by atoms with Crippen molar-refractivity contribution in [2.24, 2.45) is 16.7 Å². The third-order valence-electron chi connectivity index (χ3n) is 12.7. The second kappa shape index (κ2) is 14.0. The molecule has 0 spiro atoms. The van der Waals surface area contributed by atoms with E-state index in [1.807, 2.05) is 30.3 Å². The summed E-state index contributed by atoms with van der Waals surface area (Å²) < 4.78 is 6.38. The van der Waals surface area contributed by atoms with Gasteiger partial charge in [-0.15, -0.1) is 0 Å². The van der Waals surface area contributed by atoms with Crippen molar-refractivity contribution in [2.75, 3.05) is 24.5 Å². The van der Waals surface area contributed by atoms with Crippen LogP contribution in [0.4, 0.5) is 5.69 Å². The Labute approximate surface area is 326 Å². The Morgan fingerprint density at radius 3 is 2.27 bits per heavy atom. The lowest BCUT2D eigenvalue weighted by Crippen LogP contribution is -2.74. The molecule has 4 aliphatic heterocycles. The van der Waals surface area contributed by atoms with E-state index in [-0.39, 0.29) is 53.0 Å². The largest absolute Gasteiger partial charge is 0.489 e. The minimum atomic E-state index is -0.594. The highest BCUT2D eigenvalue weighted by Crippen LogP contribution is 2.55. The van der Waals surface area contributed by atoms with Gasteiger partial charge >= 0.3 is 0 Å². The van der Waals surface area contributed by atoms with Gasteiger partial charge in [0, 0.05) is 85.4 Å². The number of ether oxygens (including phenoxy) is 1. The third kappa shape index (κ3) is 6.74. The van der Waals surface area contributed by atoms with Crippen molar-refractivity contribution in [2.45, 2.75) is 91.2 Å². The molecule has 11 nitrogen and oxygen atoms in total. The Kier molecular flexibility index (Phi) is 9.41. The minimum absolute atomic E-state index is 0.107. The average molecular weight is 763 g/mol. The van der Waals surface area contributed by atoms with Gasteiger partial charge in [0.05, 0.1) is 10.6 Å². The molecule has 2 N–H and O–H groups in total. The molecule has 2 saturated heterocycles. The van der Waals surface area contributed by atoms with Crippen LogP contribution in [0.15, 0.2) is 54.6 Å². The standard InChI is InChI=1S/C43H47ClN6O5/c1-42(2)40(43(3,4)41(42)55-32-10-7-27(20-45)34(44)19-32)47-37(52)26-5-8-31(9-6-26)49-15-13-25(14-16-49)21-48-22-28-17-30-24-50(35-11-12-36(51)46-38(35)53)39(54)33(30)18-29(28)23-48/h5-10,17-19,25,35,40-41H,11-16,21-24H2,1-4H3,(H,47,52)(H,46,51,53)/t35-,40-,41-/m0/s1. The number of piperidine rings is 2. The van der Waals surface area contributed by atoms with Crippen LogP contribution in [0, 0.1) is 28.1 Å². The fraction of sp³-hybridized carbons (Fsp3) is 0.465. The molecule has 1 saturated carbocycles. The molecule has 8 rings (SSSR count). The first-order valence-electron chi connectivity index (χ1n) is 19.3. The van der Waals surface area contributed by atoms with Gasteiger partial charge in [-0.2, -0.15) is 5.26 Å². The monoisotopic (exact) mass is 762 g/mol. The number of hydrogen-bond acceptors (Lipinski definition) is 8. The summed E-state index contributed by atoms with van der Waals surface area (Å²) in [7, 11) is 0. The van der Waals surface area contributed by atoms with Crippen LogP contribution in [-0.2, 0) is 29.2 Å². The molecule has 3 aromatic carbocycles. The van der Waals surface area contributed by atoms with Gasteiger partial charge < -0.3 is 19.9 Å². The SMILES string of the molecule is CC1(C)[C@H](NC(=O)c2ccc(N3CCC(CN4Cc5cc6c(cc5C4)C(=O)N([C@H]4CCC(=O)NC4=O)C6)CC3)cc2)C(C)(C)[C@H]1Oc1ccc(C#N)c(Cl)c1. The highest BCUT2D eigenvalue weighted by Gasteiger charge is 2.64. The number of rotatable bonds is 8. The van der Waals surface area contributed by atoms with Crippen molar-refractivity contribution in [1.29, 1.82) is 5.26 Å². The Morgan fingerprint density at radius 2 is 1.62 bits per heavy atom. The predicted octanol–water partition coefficient (Wildman–Crippen LogP) is 5.82. The Bertz CT molecular complexity index is 2100. The number of imide groups is 1. The molecule has 3 aromatic rings. The maximum Gasteiger partial charge on any atom is 0.255 e. The minimum Gasteiger partial charge on any atom is -0.489 e. The normalized spacial score (nSPS) is 24.4. The number of benzene rings is 3. The molecule has 4 heterocycles. The van der Waals surface area contributed by atoms with E-state index in [2.05, 4.69) is 60.3 Å². The highest BCUT2D eigenvalue weighted by atomic mass is 35.5. The molecule has 0 aromatic heterocycles. The van der Waals surface area contributed by atoms with E-state index in [1.165, 1.54) is 11.1 Å². The van der Waals surface area contributed by atoms with Crippen LogP contribution in [0.5, 0.6) is 5.75 Å². The molecule has 3 fully saturated rings. The number of nitrogens with one attached hydrogen (secondary N) is 2. The number of hydrogen-bond donors (Lipinski definition) is 2. The van der Waals surface area contributed by atoms with Gasteiger partial charge in [-0.25, -0.2) is 0 Å². The van der Waals surface area contributed by atoms with Gasteiger partial charge in [-0.05, 0) is 84.3 Å². The number of halogens is 1. The van der Waals surface area contributed by atoms with Crippen LogP contribution in [0.25, 0.3) is 0 Å². The van der Waals surface area contributed by atoms with Crippen molar-refractivity contribution in [1.82, 2.24) is 20.4 Å². The van der Waals surface area contributed by atoms with Crippen molar-refractivity contribution < 1.29 is 23.9 Å². The molecule has 5 aliphatic rings. The number of nitriles is 1. The molecule has 55 heavy (non-hydrogen) atoms. The Morgan fingerprint density at radius 1 is 0.927 bits per heavy atom. The average Bonchev–Trinajstić information content (AvgIpc) is 3.70. The molecule has 1 aliphatic carbocycles. The number of nitrogens with zero attached hydrogens (tertiary/aromatic N) is 4. The van der Waals surface area contributed by atoms with Crippen LogP contribution in [0.1, 0.15) is 96.3 Å². The molecule has 0 unspecified atom stereocenters. The zero-order valence-electron chi connectivity index (χ0n) is 31.8. The number of fused-ring (bicyclic) bond motifs is 2. The van der Waals surface area contributed by atoms with E-state index in [0.717, 1.165) is 56.8 Å². The number of carbonyl (C=O) groups is 4. The highest BCUT2D eigenvalue weighted by molar-refractivity contribution is 6.31. The van der Waals surface area contributed by atoms with Crippen LogP contribution >= 0.6 is 11.6 Å². The van der Waals surface area contributed by atoms with Crippen molar-refractivity contribution in [3.63, 3.8) is 0 Å². The summed E-state index contributed by atoms with van der Waals surface area (Å²) in [6.07, 6.45) is 2.61. The summed E-state index contributed by atoms with van der Waals surface area (Å²) in [6, 6.07) is 18.6. The van der Waals surface area contributed by atoms with E-state index in [4.69, 9.17) is 16.3 Å². The summed E-state index contributed by atoms with van der Waals surface area (Å²) >= 11 is 6.25. The molecule has 0 bridgehead atoms. The Balaban J connectivity index is 0.812. The second-order valence-electron chi connectivity index (χ2n) is 17.1. The summed E-state index contributed by atoms with van der Waals surface area (Å²) in [6.45, 7) is 13.4. The maximum absolute atomic E-state index is 13.5. The van der Waals surface area contributed by atoms with Crippen molar-refractivity contribution in [3.8, 4) is 11.8 Å². The molecule has 286 valence electrons. The lowest BCUT2D eigenvalue weighted by molar-refractivity contribution is -0.164. The summed E-state index contributed by atoms with van der Waals surface area (Å²) in [5.74, 6) is 0.290. The second-order valence-corrected chi connectivity index (χ2v) is 17.5. The fourth-order valence-corrected chi connectivity index (χ4v) is 10.3. The first-order chi connectivity index (χ1) is 26.2. The van der Waals surface area contributed by atoms with Crippen LogP contribution in [-0.4, -0.2) is 71.3 Å². The zero-order chi connectivity index (χ0) is 38.8. The quantitative estimate of drug-likeness (QED) is 0.275. The van der Waals surface area contributed by atoms with Crippen LogP contribution in [0.2, 0.25) is 5.02 Å². The van der Waals surface area contributed by atoms with E-state index in [1.54, 1.807) is 23.1 Å². The van der Waals surface area contributed by atoms with Crippen LogP contribution in [0.3, 0.4) is 0 Å². The summed E-state index contributed by atoms with van der Waals surface area (Å²) in [5, 5.41) is 15.2. The van der Waals surface area contributed by atoms with Gasteiger partial charge in [0.1, 0.15) is 24.0 Å². The Hall–Kier alpha value is -4.92. The fourth-order valence-electron chi connectivity index (χ4n) is 10.0. The van der Waals surface area contributed by atoms with Crippen molar-refractivity contribution >= 4 is 40.9 Å². The third-order valence-corrected chi connectivity index (χ3v) is 13.0. The van der Waals surface area contributed by atoms with E-state index in [0.29, 0.717) is 46.3 Å². The summed E-state index contributed by atoms with van der Waals surface area (Å²) in [5.41, 5.74) is 5.54. The molecular weight excluding hydrogens is 716 g/mol. The molecule has 1 atom stereocenters. The smallest absolute Gasteiger partial charge is 0.255 e. The predicted molar refractivity (Wildman–Crippen MR) is 207 cm³/mol. The van der Waals surface area contributed by atoms with E-state index >= 15 is 0 Å². The van der Waals surface area contributed by atoms with Gasteiger partial charge in [-0.3, -0.25) is 29.4 Å². The van der Waals surface area contributed by atoms with Crippen molar-refractivity contribution in [3.05, 3.63) is 93.0 Å². The van der Waals surface area contributed by atoms with Gasteiger partial charge in [0.25, 0.3) is 11.8 Å². The van der Waals surface area contributed by atoms with E-state index in [9.17, 15) is 24.4 Å². The molecule has 0 radical (unpaired) electrons. The van der Waals surface area contributed by atoms with Gasteiger partial charge in [-0.1, -0.05) is 45.4 Å². The van der Waals surface area contributed by atoms with Gasteiger partial charge in [0.15, 0.2) is 0 Å². The molecule has 4 amide bonds. The van der Waals surface area contributed by atoms with E-state index < -0.39 is 6.04 Å². The first kappa shape index (κ1) is 37.0. The zero-order valence-corrected chi connectivity index (χ0v) is 32.5. The summed E-state index contributed by atoms with van der Waals surface area (Å²) in [4.78, 5) is 57.4. The molecule has 12 heteroatoms. The number of carbonyl (C=O) groups excluding carboxylic acids is 4. The molecular formula is C43H47ClN6O5. The lowest BCUT2D eigenvalue weighted by Gasteiger charge is -2.63. The lowest BCUT2D eigenvalue weighted by atomic mass is 9.49. The number of anilines is 1. The first-order valence-corrected chi connectivity index (χ1v) is 19.6. The maximum atomic E-state index is 13.5. The topological polar surface area (TPSA) is 135 Å². The number of amides is 4. The van der Waals surface area contributed by atoms with Crippen LogP contribution < -0.4 is 20.3 Å².